The first kappa shape index (κ1) is 18.6. The summed E-state index contributed by atoms with van der Waals surface area (Å²) in [7, 11) is 3.17. The van der Waals surface area contributed by atoms with Crippen molar-refractivity contribution in [2.45, 2.75) is 37.4 Å². The summed E-state index contributed by atoms with van der Waals surface area (Å²) in [6.45, 7) is 0. The molecule has 3 heterocycles. The highest BCUT2D eigenvalue weighted by Crippen LogP contribution is 2.29. The molecule has 4 atom stereocenters. The Labute approximate surface area is 158 Å². The molecule has 0 aliphatic carbocycles. The van der Waals surface area contributed by atoms with Gasteiger partial charge >= 0.3 is 5.95 Å². The number of imidazole rings is 1. The molecule has 0 unspecified atom stereocenters. The Morgan fingerprint density at radius 2 is 2.18 bits per heavy atom. The molecule has 1 saturated heterocycles. The number of aliphatic hydroxyl groups excluding tert-OH is 2. The third kappa shape index (κ3) is 2.98. The first-order chi connectivity index (χ1) is 13.4. The molecule has 11 nitrogen and oxygen atoms in total. The van der Waals surface area contributed by atoms with Crippen molar-refractivity contribution in [1.82, 2.24) is 15.0 Å². The fourth-order valence-electron chi connectivity index (χ4n) is 3.70. The van der Waals surface area contributed by atoms with Gasteiger partial charge in [0.25, 0.3) is 5.56 Å². The van der Waals surface area contributed by atoms with E-state index in [1.807, 2.05) is 0 Å². The molecule has 4 rings (SSSR count). The highest BCUT2D eigenvalue weighted by atomic mass is 16.7. The zero-order chi connectivity index (χ0) is 20.0. The van der Waals surface area contributed by atoms with Crippen LogP contribution in [0.3, 0.4) is 0 Å². The van der Waals surface area contributed by atoms with Crippen molar-refractivity contribution < 1.29 is 24.7 Å². The zero-order valence-corrected chi connectivity index (χ0v) is 15.4. The van der Waals surface area contributed by atoms with Gasteiger partial charge in [0, 0.05) is 12.7 Å². The molecule has 0 bridgehead atoms. The van der Waals surface area contributed by atoms with E-state index >= 15 is 0 Å². The van der Waals surface area contributed by atoms with E-state index in [1.54, 1.807) is 13.1 Å². The minimum absolute atomic E-state index is 0.0227. The summed E-state index contributed by atoms with van der Waals surface area (Å²) in [5, 5.41) is 23.6. The second kappa shape index (κ2) is 7.02. The zero-order valence-electron chi connectivity index (χ0n) is 15.4. The summed E-state index contributed by atoms with van der Waals surface area (Å²) in [6.07, 6.45) is -2.87. The monoisotopic (exact) mass is 391 g/mol. The normalized spacial score (nSPS) is 25.0. The standard InChI is InChI=1S/C17H22N6O5/c1-19-17-20-8-5-7-10(21-16(18)23-14(7)26)6(11(8)22-17)3-4-9-12(24)13(25)15(27-2)28-9/h5,9,12-13,15,24-25H,3-4H2,1-2H3,(H2,19,20,22)(H3,18,21,23,26)/p+1/t9-,12-,13-,15-/m1/s1. The molecule has 3 aromatic rings. The van der Waals surface area contributed by atoms with Gasteiger partial charge in [0.1, 0.15) is 23.2 Å². The largest absolute Gasteiger partial charge is 0.387 e. The number of nitrogens with one attached hydrogen (secondary N) is 4. The van der Waals surface area contributed by atoms with Gasteiger partial charge in [-0.1, -0.05) is 0 Å². The second-order valence-corrected chi connectivity index (χ2v) is 6.80. The number of methoxy groups -OCH3 is 1. The minimum atomic E-state index is -1.12. The summed E-state index contributed by atoms with van der Waals surface area (Å²) in [6, 6.07) is 1.71. The smallest absolute Gasteiger partial charge is 0.353 e. The topological polar surface area (TPSA) is 173 Å². The van der Waals surface area contributed by atoms with Gasteiger partial charge in [-0.3, -0.25) is 15.1 Å². The lowest BCUT2D eigenvalue weighted by Crippen LogP contribution is -2.33. The van der Waals surface area contributed by atoms with E-state index in [9.17, 15) is 15.0 Å². The number of anilines is 2. The van der Waals surface area contributed by atoms with E-state index in [1.165, 1.54) is 7.11 Å². The molecule has 0 spiro atoms. The molecule has 11 heteroatoms. The second-order valence-electron chi connectivity index (χ2n) is 6.80. The summed E-state index contributed by atoms with van der Waals surface area (Å²) in [5.41, 5.74) is 8.15. The molecule has 0 amide bonds. The molecule has 28 heavy (non-hydrogen) atoms. The van der Waals surface area contributed by atoms with Gasteiger partial charge in [-0.15, -0.1) is 0 Å². The minimum Gasteiger partial charge on any atom is -0.387 e. The van der Waals surface area contributed by atoms with Gasteiger partial charge in [-0.25, -0.2) is 15.0 Å². The lowest BCUT2D eigenvalue weighted by molar-refractivity contribution is -0.327. The van der Waals surface area contributed by atoms with Crippen LogP contribution in [0.1, 0.15) is 12.0 Å². The van der Waals surface area contributed by atoms with Crippen LogP contribution < -0.4 is 21.6 Å². The highest BCUT2D eigenvalue weighted by molar-refractivity contribution is 5.96. The van der Waals surface area contributed by atoms with Gasteiger partial charge in [-0.05, 0) is 18.9 Å². The lowest BCUT2D eigenvalue weighted by Gasteiger charge is -2.14. The molecular weight excluding hydrogens is 368 g/mol. The van der Waals surface area contributed by atoms with E-state index in [-0.39, 0.29) is 11.5 Å². The third-order valence-electron chi connectivity index (χ3n) is 5.11. The summed E-state index contributed by atoms with van der Waals surface area (Å²) in [5.74, 6) is 0.692. The number of ether oxygens (including phenoxy) is 2. The summed E-state index contributed by atoms with van der Waals surface area (Å²) < 4.78 is 10.6. The maximum absolute atomic E-state index is 12.4. The van der Waals surface area contributed by atoms with Crippen molar-refractivity contribution in [2.75, 3.05) is 25.2 Å². The van der Waals surface area contributed by atoms with Gasteiger partial charge in [0.2, 0.25) is 5.95 Å². The SMILES string of the molecule is CNc1[nH]c2cc3c(=O)[nH]c(N)nc3c(CC[C@H]3O[C@@H](OC)[C@H](O)[C@@H]3O)c2[nH+]1. The number of H-pyrrole nitrogens is 3. The number of aromatic amines is 3. The Balaban J connectivity index is 1.77. The lowest BCUT2D eigenvalue weighted by atomic mass is 9.99. The predicted molar refractivity (Wildman–Crippen MR) is 101 cm³/mol. The van der Waals surface area contributed by atoms with Crippen LogP contribution in [0.5, 0.6) is 0 Å². The molecule has 1 aliphatic heterocycles. The molecule has 8 N–H and O–H groups in total. The number of hydrogen-bond donors (Lipinski definition) is 6. The van der Waals surface area contributed by atoms with Crippen LogP contribution in [-0.4, -0.2) is 63.9 Å². The third-order valence-corrected chi connectivity index (χ3v) is 5.11. The van der Waals surface area contributed by atoms with E-state index in [0.717, 1.165) is 16.6 Å². The number of hydrogen-bond acceptors (Lipinski definition) is 8. The Morgan fingerprint density at radius 3 is 2.86 bits per heavy atom. The molecule has 1 aromatic carbocycles. The van der Waals surface area contributed by atoms with Crippen LogP contribution in [0, 0.1) is 0 Å². The van der Waals surface area contributed by atoms with Crippen molar-refractivity contribution in [3.63, 3.8) is 0 Å². The average Bonchev–Trinajstić information content (AvgIpc) is 3.21. The maximum atomic E-state index is 12.4. The molecule has 0 radical (unpaired) electrons. The number of rotatable bonds is 5. The number of nitrogen functional groups attached to an aromatic ring is 1. The maximum Gasteiger partial charge on any atom is 0.353 e. The van der Waals surface area contributed by atoms with Crippen LogP contribution in [0.25, 0.3) is 21.9 Å². The van der Waals surface area contributed by atoms with Crippen LogP contribution in [0.4, 0.5) is 11.9 Å². The summed E-state index contributed by atoms with van der Waals surface area (Å²) in [4.78, 5) is 25.6. The predicted octanol–water partition coefficient (Wildman–Crippen LogP) is -1.13. The van der Waals surface area contributed by atoms with Crippen LogP contribution >= 0.6 is 0 Å². The number of benzene rings is 1. The Bertz CT molecular complexity index is 1080. The van der Waals surface area contributed by atoms with Crippen molar-refractivity contribution in [2.24, 2.45) is 0 Å². The molecule has 0 saturated carbocycles. The number of aliphatic hydroxyl groups is 2. The van der Waals surface area contributed by atoms with Gasteiger partial charge in [0.15, 0.2) is 6.29 Å². The number of fused-ring (bicyclic) bond motifs is 2. The number of nitrogens with two attached hydrogens (primary N) is 1. The average molecular weight is 391 g/mol. The number of aromatic nitrogens is 4. The number of aryl methyl sites for hydroxylation is 1. The van der Waals surface area contributed by atoms with E-state index < -0.39 is 24.6 Å². The molecular formula is C17H23N6O5+. The first-order valence-electron chi connectivity index (χ1n) is 8.91. The van der Waals surface area contributed by atoms with Crippen LogP contribution in [-0.2, 0) is 15.9 Å². The Hall–Kier alpha value is -2.73. The molecule has 1 fully saturated rings. The van der Waals surface area contributed by atoms with Crippen LogP contribution in [0.15, 0.2) is 10.9 Å². The van der Waals surface area contributed by atoms with E-state index in [0.29, 0.717) is 29.7 Å². The first-order valence-corrected chi connectivity index (χ1v) is 8.91. The van der Waals surface area contributed by atoms with Gasteiger partial charge < -0.3 is 25.4 Å². The van der Waals surface area contributed by atoms with Crippen molar-refractivity contribution in [1.29, 1.82) is 0 Å². The Kier molecular flexibility index (Phi) is 4.67. The fraction of sp³-hybridized carbons (Fsp3) is 0.471. The molecule has 1 aliphatic rings. The van der Waals surface area contributed by atoms with Crippen LogP contribution in [0.2, 0.25) is 0 Å². The van der Waals surface area contributed by atoms with Crippen molar-refractivity contribution in [3.8, 4) is 0 Å². The molecule has 150 valence electrons. The van der Waals surface area contributed by atoms with Crippen molar-refractivity contribution >= 4 is 33.8 Å². The fourth-order valence-corrected chi connectivity index (χ4v) is 3.70. The number of nitrogens with zero attached hydrogens (tertiary/aromatic N) is 1. The summed E-state index contributed by atoms with van der Waals surface area (Å²) >= 11 is 0. The quantitative estimate of drug-likeness (QED) is 0.317. The molecule has 2 aromatic heterocycles. The van der Waals surface area contributed by atoms with Gasteiger partial charge in [0.05, 0.1) is 24.1 Å². The van der Waals surface area contributed by atoms with Gasteiger partial charge in [-0.2, -0.15) is 0 Å². The van der Waals surface area contributed by atoms with E-state index in [4.69, 9.17) is 15.2 Å². The van der Waals surface area contributed by atoms with Crippen molar-refractivity contribution in [3.05, 3.63) is 22.0 Å². The van der Waals surface area contributed by atoms with E-state index in [2.05, 4.69) is 25.3 Å². The highest BCUT2D eigenvalue weighted by Gasteiger charge is 2.42. The Morgan fingerprint density at radius 1 is 1.39 bits per heavy atom.